The highest BCUT2D eigenvalue weighted by atomic mass is 28.4. The summed E-state index contributed by atoms with van der Waals surface area (Å²) in [5.41, 5.74) is 1.15. The van der Waals surface area contributed by atoms with E-state index < -0.39 is 52.2 Å². The van der Waals surface area contributed by atoms with Crippen molar-refractivity contribution in [2.75, 3.05) is 0 Å². The fraction of sp³-hybridized carbons (Fsp3) is 0.769. The lowest BCUT2D eigenvalue weighted by Gasteiger charge is -2.48. The molecule has 2 aliphatic rings. The Labute approximate surface area is 216 Å². The SMILES string of the molecule is CC1=CC(=O)N[C@]1(C(=O)O[C@H](C#C[Si](C)(C)C)C(F)(F)F)[C@@H](O[Si](C)(C)C(C)(C)C)C1CCCCC1. The largest absolute Gasteiger partial charge is 0.437 e. The molecule has 204 valence electrons. The first-order valence-corrected chi connectivity index (χ1v) is 19.1. The first-order chi connectivity index (χ1) is 16.2. The molecule has 0 radical (unpaired) electrons. The van der Waals surface area contributed by atoms with Gasteiger partial charge >= 0.3 is 12.1 Å². The molecule has 0 aromatic carbocycles. The maximum absolute atomic E-state index is 13.9. The predicted molar refractivity (Wildman–Crippen MR) is 140 cm³/mol. The number of esters is 1. The highest BCUT2D eigenvalue weighted by Gasteiger charge is 2.59. The molecule has 1 heterocycles. The van der Waals surface area contributed by atoms with Gasteiger partial charge in [0.2, 0.25) is 5.91 Å². The average molecular weight is 546 g/mol. The molecule has 0 bridgehead atoms. The number of carbonyl (C=O) groups excluding carboxylic acids is 2. The fourth-order valence-corrected chi connectivity index (χ4v) is 6.31. The van der Waals surface area contributed by atoms with Crippen LogP contribution in [0, 0.1) is 17.4 Å². The molecular weight excluding hydrogens is 503 g/mol. The number of halogens is 3. The summed E-state index contributed by atoms with van der Waals surface area (Å²) in [6, 6.07) is 0. The van der Waals surface area contributed by atoms with Gasteiger partial charge in [0.1, 0.15) is 8.07 Å². The Morgan fingerprint density at radius 3 is 2.08 bits per heavy atom. The van der Waals surface area contributed by atoms with Crippen molar-refractivity contribution in [3.63, 3.8) is 0 Å². The molecule has 5 nitrogen and oxygen atoms in total. The van der Waals surface area contributed by atoms with Gasteiger partial charge < -0.3 is 14.5 Å². The van der Waals surface area contributed by atoms with Crippen LogP contribution in [0.15, 0.2) is 11.6 Å². The maximum Gasteiger partial charge on any atom is 0.437 e. The number of hydrogen-bond donors (Lipinski definition) is 1. The summed E-state index contributed by atoms with van der Waals surface area (Å²) < 4.78 is 53.8. The molecule has 3 atom stereocenters. The molecular formula is C26H42F3NO4Si2. The van der Waals surface area contributed by atoms with Gasteiger partial charge in [-0.2, -0.15) is 13.2 Å². The second-order valence-electron chi connectivity index (χ2n) is 12.7. The third-order valence-electron chi connectivity index (χ3n) is 7.44. The molecule has 0 aromatic heterocycles. The lowest BCUT2D eigenvalue weighted by molar-refractivity contribution is -0.211. The average Bonchev–Trinajstić information content (AvgIpc) is 3.02. The zero-order valence-electron chi connectivity index (χ0n) is 23.1. The van der Waals surface area contributed by atoms with Crippen molar-refractivity contribution in [1.29, 1.82) is 0 Å². The van der Waals surface area contributed by atoms with Crippen molar-refractivity contribution in [3.05, 3.63) is 11.6 Å². The first-order valence-electron chi connectivity index (χ1n) is 12.7. The van der Waals surface area contributed by atoms with E-state index >= 15 is 0 Å². The summed E-state index contributed by atoms with van der Waals surface area (Å²) in [4.78, 5) is 26.4. The van der Waals surface area contributed by atoms with E-state index in [4.69, 9.17) is 9.16 Å². The molecule has 10 heteroatoms. The summed E-state index contributed by atoms with van der Waals surface area (Å²) in [7, 11) is -4.69. The van der Waals surface area contributed by atoms with Gasteiger partial charge in [0, 0.05) is 6.08 Å². The van der Waals surface area contributed by atoms with E-state index in [-0.39, 0.29) is 11.0 Å². The summed E-state index contributed by atoms with van der Waals surface area (Å²) in [6.45, 7) is 17.3. The standard InChI is InChI=1S/C26H42F3NO4Si2/c1-18-17-21(31)30-25(18,23(32)33-20(26(27,28)29)15-16-35(5,6)7)22(19-13-11-10-12-14-19)34-36(8,9)24(2,3)4/h17,19-20,22H,10-14H2,1-9H3,(H,30,31)/t20-,22+,25+/m1/s1. The number of rotatable bonds is 6. The smallest absolute Gasteiger partial charge is 0.437 e. The minimum atomic E-state index is -4.87. The van der Waals surface area contributed by atoms with Crippen molar-refractivity contribution < 1.29 is 31.9 Å². The Kier molecular flexibility index (Phi) is 9.07. The third-order valence-corrected chi connectivity index (χ3v) is 12.8. The molecule has 0 aromatic rings. The van der Waals surface area contributed by atoms with Gasteiger partial charge in [-0.15, -0.1) is 5.54 Å². The molecule has 0 spiro atoms. The van der Waals surface area contributed by atoms with Crippen LogP contribution in [-0.4, -0.2) is 52.2 Å². The highest BCUT2D eigenvalue weighted by Crippen LogP contribution is 2.45. The van der Waals surface area contributed by atoms with Gasteiger partial charge in [0.15, 0.2) is 13.9 Å². The summed E-state index contributed by atoms with van der Waals surface area (Å²) in [5.74, 6) is 0.352. The zero-order valence-corrected chi connectivity index (χ0v) is 25.1. The quantitative estimate of drug-likeness (QED) is 0.248. The van der Waals surface area contributed by atoms with Crippen LogP contribution < -0.4 is 5.32 Å². The molecule has 36 heavy (non-hydrogen) atoms. The predicted octanol–water partition coefficient (Wildman–Crippen LogP) is 6.13. The lowest BCUT2D eigenvalue weighted by atomic mass is 9.74. The van der Waals surface area contributed by atoms with Gasteiger partial charge in [0.05, 0.1) is 6.10 Å². The van der Waals surface area contributed by atoms with Crippen LogP contribution in [0.25, 0.3) is 0 Å². The molecule has 1 amide bonds. The number of ether oxygens (including phenoxy) is 1. The van der Waals surface area contributed by atoms with Gasteiger partial charge in [-0.3, -0.25) is 4.79 Å². The van der Waals surface area contributed by atoms with E-state index in [2.05, 4.69) is 37.6 Å². The van der Waals surface area contributed by atoms with Crippen LogP contribution in [0.5, 0.6) is 0 Å². The van der Waals surface area contributed by atoms with Crippen LogP contribution in [0.4, 0.5) is 13.2 Å². The van der Waals surface area contributed by atoms with Crippen molar-refractivity contribution in [2.24, 2.45) is 5.92 Å². The molecule has 1 aliphatic carbocycles. The van der Waals surface area contributed by atoms with E-state index in [0.717, 1.165) is 32.1 Å². The van der Waals surface area contributed by atoms with Crippen LogP contribution in [0.2, 0.25) is 37.8 Å². The Bertz CT molecular complexity index is 932. The van der Waals surface area contributed by atoms with Gasteiger partial charge in [-0.25, -0.2) is 4.79 Å². The summed E-state index contributed by atoms with van der Waals surface area (Å²) in [5, 5.41) is 2.48. The van der Waals surface area contributed by atoms with Gasteiger partial charge in [0.25, 0.3) is 6.10 Å². The lowest BCUT2D eigenvalue weighted by Crippen LogP contribution is -2.66. The number of amides is 1. The Hall–Kier alpha value is -1.58. The molecule has 0 unspecified atom stereocenters. The molecule has 2 rings (SSSR count). The summed E-state index contributed by atoms with van der Waals surface area (Å²) in [6.07, 6.45) is -2.61. The van der Waals surface area contributed by atoms with Crippen LogP contribution in [0.3, 0.4) is 0 Å². The van der Waals surface area contributed by atoms with Crippen LogP contribution >= 0.6 is 0 Å². The van der Waals surface area contributed by atoms with Gasteiger partial charge in [-0.1, -0.05) is 65.6 Å². The van der Waals surface area contributed by atoms with E-state index in [0.29, 0.717) is 5.57 Å². The molecule has 1 N–H and O–H groups in total. The number of carbonyl (C=O) groups is 2. The topological polar surface area (TPSA) is 64.6 Å². The zero-order chi connectivity index (χ0) is 27.7. The summed E-state index contributed by atoms with van der Waals surface area (Å²) >= 11 is 0. The van der Waals surface area contributed by atoms with Crippen molar-refractivity contribution in [2.45, 2.75) is 121 Å². The molecule has 0 saturated heterocycles. The second-order valence-corrected chi connectivity index (χ2v) is 22.2. The first kappa shape index (κ1) is 30.6. The maximum atomic E-state index is 13.9. The minimum Gasteiger partial charge on any atom is -0.437 e. The van der Waals surface area contributed by atoms with E-state index in [1.807, 2.05) is 32.7 Å². The number of hydrogen-bond acceptors (Lipinski definition) is 4. The number of nitrogens with one attached hydrogen (secondary N) is 1. The van der Waals surface area contributed by atoms with E-state index in [9.17, 15) is 22.8 Å². The Balaban J connectivity index is 2.62. The van der Waals surface area contributed by atoms with Crippen molar-refractivity contribution in [1.82, 2.24) is 5.32 Å². The van der Waals surface area contributed by atoms with Crippen LogP contribution in [-0.2, 0) is 18.8 Å². The minimum absolute atomic E-state index is 0.112. The highest BCUT2D eigenvalue weighted by molar-refractivity contribution is 6.83. The number of alkyl halides is 3. The van der Waals surface area contributed by atoms with Gasteiger partial charge in [-0.05, 0) is 49.4 Å². The monoisotopic (exact) mass is 545 g/mol. The van der Waals surface area contributed by atoms with E-state index in [1.54, 1.807) is 6.92 Å². The molecule has 1 aliphatic heterocycles. The third kappa shape index (κ3) is 7.04. The second kappa shape index (κ2) is 10.7. The van der Waals surface area contributed by atoms with Crippen molar-refractivity contribution in [3.8, 4) is 11.5 Å². The van der Waals surface area contributed by atoms with Crippen molar-refractivity contribution >= 4 is 28.3 Å². The van der Waals surface area contributed by atoms with E-state index in [1.165, 1.54) is 6.08 Å². The Morgan fingerprint density at radius 2 is 1.67 bits per heavy atom. The molecule has 1 fully saturated rings. The van der Waals surface area contributed by atoms with Crippen LogP contribution in [0.1, 0.15) is 59.8 Å². The Morgan fingerprint density at radius 1 is 1.11 bits per heavy atom. The molecule has 1 saturated carbocycles. The fourth-order valence-electron chi connectivity index (χ4n) is 4.39. The normalized spacial score (nSPS) is 23.8.